The normalized spacial score (nSPS) is 13.3. The first-order valence-corrected chi connectivity index (χ1v) is 11.4. The molecule has 4 rings (SSSR count). The van der Waals surface area contributed by atoms with Crippen molar-refractivity contribution in [3.05, 3.63) is 54.5 Å². The summed E-state index contributed by atoms with van der Waals surface area (Å²) >= 11 is 0. The lowest BCUT2D eigenvalue weighted by molar-refractivity contribution is 0.373. The molecule has 0 unspecified atom stereocenters. The van der Waals surface area contributed by atoms with Crippen molar-refractivity contribution in [1.29, 1.82) is 0 Å². The second-order valence-corrected chi connectivity index (χ2v) is 8.91. The Morgan fingerprint density at radius 2 is 1.88 bits per heavy atom. The molecule has 0 saturated carbocycles. The number of unbranched alkanes of at least 4 members (excludes halogenated alkanes) is 1. The third-order valence-corrected chi connectivity index (χ3v) is 5.94. The van der Waals surface area contributed by atoms with Crippen molar-refractivity contribution < 1.29 is 4.52 Å². The summed E-state index contributed by atoms with van der Waals surface area (Å²) in [7, 11) is 4.08. The van der Waals surface area contributed by atoms with Gasteiger partial charge in [-0.15, -0.1) is 0 Å². The fraction of sp³-hybridized carbons (Fsp3) is 0.417. The highest BCUT2D eigenvalue weighted by Gasteiger charge is 2.34. The van der Waals surface area contributed by atoms with Gasteiger partial charge in [0.25, 0.3) is 5.89 Å². The predicted molar refractivity (Wildman–Crippen MR) is 130 cm³/mol. The Labute approximate surface area is 199 Å². The van der Waals surface area contributed by atoms with Gasteiger partial charge in [-0.25, -0.2) is 9.97 Å². The molecule has 4 aromatic rings. The van der Waals surface area contributed by atoms with Gasteiger partial charge in [-0.05, 0) is 39.1 Å². The minimum Gasteiger partial charge on any atom is -0.382 e. The van der Waals surface area contributed by atoms with Crippen LogP contribution in [0.4, 0.5) is 5.82 Å². The van der Waals surface area contributed by atoms with Crippen LogP contribution in [0.3, 0.4) is 0 Å². The van der Waals surface area contributed by atoms with E-state index in [2.05, 4.69) is 44.0 Å². The largest absolute Gasteiger partial charge is 0.382 e. The molecule has 34 heavy (non-hydrogen) atoms. The summed E-state index contributed by atoms with van der Waals surface area (Å²) in [6.07, 6.45) is 11.7. The highest BCUT2D eigenvalue weighted by Crippen LogP contribution is 2.36. The molecule has 10 heteroatoms. The van der Waals surface area contributed by atoms with Gasteiger partial charge in [0.15, 0.2) is 5.82 Å². The van der Waals surface area contributed by atoms with E-state index >= 15 is 0 Å². The van der Waals surface area contributed by atoms with Crippen molar-refractivity contribution in [2.45, 2.75) is 45.1 Å². The third-order valence-electron chi connectivity index (χ3n) is 5.94. The second kappa shape index (κ2) is 10.1. The van der Waals surface area contributed by atoms with Crippen LogP contribution in [0, 0.1) is 0 Å². The molecule has 4 heterocycles. The first-order valence-electron chi connectivity index (χ1n) is 11.4. The Hall–Kier alpha value is -3.66. The molecule has 0 spiro atoms. The van der Waals surface area contributed by atoms with Gasteiger partial charge in [-0.1, -0.05) is 31.0 Å². The van der Waals surface area contributed by atoms with E-state index < -0.39 is 5.41 Å². The van der Waals surface area contributed by atoms with Crippen LogP contribution in [0.25, 0.3) is 22.8 Å². The molecule has 0 saturated heterocycles. The number of hydrogen-bond acceptors (Lipinski definition) is 9. The maximum Gasteiger partial charge on any atom is 0.261 e. The number of anilines is 1. The number of hydrogen-bond donors (Lipinski definition) is 1. The van der Waals surface area contributed by atoms with Crippen LogP contribution < -0.4 is 5.73 Å². The summed E-state index contributed by atoms with van der Waals surface area (Å²) in [6.45, 7) is 6.00. The van der Waals surface area contributed by atoms with Gasteiger partial charge in [-0.3, -0.25) is 9.67 Å². The Balaban J connectivity index is 1.60. The number of nitrogen functional groups attached to an aromatic ring is 1. The fourth-order valence-corrected chi connectivity index (χ4v) is 3.72. The van der Waals surface area contributed by atoms with Crippen molar-refractivity contribution in [3.8, 4) is 22.8 Å². The van der Waals surface area contributed by atoms with Crippen LogP contribution in [-0.2, 0) is 12.0 Å². The van der Waals surface area contributed by atoms with E-state index in [4.69, 9.17) is 15.2 Å². The Morgan fingerprint density at radius 1 is 1.06 bits per heavy atom. The van der Waals surface area contributed by atoms with Crippen LogP contribution in [-0.4, -0.2) is 60.4 Å². The molecule has 0 radical (unpaired) electrons. The van der Waals surface area contributed by atoms with Crippen molar-refractivity contribution in [1.82, 2.24) is 39.8 Å². The molecule has 0 aliphatic heterocycles. The first kappa shape index (κ1) is 23.5. The molecule has 0 aromatic carbocycles. The number of nitrogens with two attached hydrogens (primary N) is 1. The highest BCUT2D eigenvalue weighted by atomic mass is 16.5. The van der Waals surface area contributed by atoms with Gasteiger partial charge < -0.3 is 15.2 Å². The quantitative estimate of drug-likeness (QED) is 0.378. The molecule has 0 bridgehead atoms. The summed E-state index contributed by atoms with van der Waals surface area (Å²) in [5.41, 5.74) is 8.42. The number of aromatic nitrogens is 7. The molecule has 178 valence electrons. The smallest absolute Gasteiger partial charge is 0.261 e. The lowest BCUT2D eigenvalue weighted by Crippen LogP contribution is -2.25. The molecule has 1 atom stereocenters. The van der Waals surface area contributed by atoms with Crippen LogP contribution in [0.15, 0.2) is 47.6 Å². The van der Waals surface area contributed by atoms with Crippen LogP contribution in [0.2, 0.25) is 0 Å². The van der Waals surface area contributed by atoms with E-state index in [1.54, 1.807) is 12.4 Å². The van der Waals surface area contributed by atoms with E-state index in [1.807, 2.05) is 43.3 Å². The van der Waals surface area contributed by atoms with Gasteiger partial charge in [0, 0.05) is 18.9 Å². The van der Waals surface area contributed by atoms with Gasteiger partial charge in [-0.2, -0.15) is 10.1 Å². The van der Waals surface area contributed by atoms with Crippen molar-refractivity contribution >= 4 is 5.82 Å². The Morgan fingerprint density at radius 3 is 2.56 bits per heavy atom. The minimum atomic E-state index is -0.447. The first-order chi connectivity index (χ1) is 16.4. The van der Waals surface area contributed by atoms with E-state index in [9.17, 15) is 0 Å². The third kappa shape index (κ3) is 5.12. The Kier molecular flexibility index (Phi) is 6.97. The van der Waals surface area contributed by atoms with Gasteiger partial charge >= 0.3 is 0 Å². The maximum absolute atomic E-state index is 5.67. The summed E-state index contributed by atoms with van der Waals surface area (Å²) in [5.74, 6) is 1.48. The van der Waals surface area contributed by atoms with Crippen LogP contribution in [0.1, 0.15) is 44.5 Å². The molecule has 4 aromatic heterocycles. The number of rotatable bonds is 10. The SMILES string of the molecule is CCCC[C@](C)(c1ccc(-c2cnc(N)cn2)nc1)c1noc(-c2cnn(CCN(C)C)c2)n1. The van der Waals surface area contributed by atoms with Gasteiger partial charge in [0.2, 0.25) is 0 Å². The summed E-state index contributed by atoms with van der Waals surface area (Å²) in [4.78, 5) is 19.9. The fourth-order valence-electron chi connectivity index (χ4n) is 3.72. The summed E-state index contributed by atoms with van der Waals surface area (Å²) < 4.78 is 7.55. The molecular formula is C24H31N9O. The van der Waals surface area contributed by atoms with Crippen molar-refractivity contribution in [2.75, 3.05) is 26.4 Å². The number of likely N-dealkylation sites (N-methyl/N-ethyl adjacent to an activating group) is 1. The van der Waals surface area contributed by atoms with Crippen LogP contribution in [0.5, 0.6) is 0 Å². The molecule has 0 aliphatic rings. The van der Waals surface area contributed by atoms with Crippen LogP contribution >= 0.6 is 0 Å². The van der Waals surface area contributed by atoms with Crippen molar-refractivity contribution in [2.24, 2.45) is 0 Å². The van der Waals surface area contributed by atoms with E-state index in [-0.39, 0.29) is 0 Å². The van der Waals surface area contributed by atoms with E-state index in [0.717, 1.165) is 49.2 Å². The molecular weight excluding hydrogens is 430 g/mol. The summed E-state index contributed by atoms with van der Waals surface area (Å²) in [6, 6.07) is 3.99. The molecule has 2 N–H and O–H groups in total. The zero-order chi connectivity index (χ0) is 24.1. The average molecular weight is 462 g/mol. The van der Waals surface area contributed by atoms with E-state index in [0.29, 0.717) is 23.2 Å². The standard InChI is InChI=1S/C24H31N9O/c1-5-6-9-24(2,18-7-8-19(26-13-18)20-14-28-21(25)15-27-20)23-30-22(34-31-23)17-12-29-33(16-17)11-10-32(3)4/h7-8,12-16H,5-6,9-11H2,1-4H3,(H2,25,28)/t24-/m1/s1. The Bertz CT molecular complexity index is 1200. The van der Waals surface area contributed by atoms with Gasteiger partial charge in [0.1, 0.15) is 11.5 Å². The number of nitrogens with zero attached hydrogens (tertiary/aromatic N) is 8. The lowest BCUT2D eigenvalue weighted by Gasteiger charge is -2.26. The molecule has 10 nitrogen and oxygen atoms in total. The highest BCUT2D eigenvalue weighted by molar-refractivity contribution is 5.54. The summed E-state index contributed by atoms with van der Waals surface area (Å²) in [5, 5.41) is 8.79. The minimum absolute atomic E-state index is 0.378. The van der Waals surface area contributed by atoms with Gasteiger partial charge in [0.05, 0.1) is 41.8 Å². The molecule has 0 amide bonds. The maximum atomic E-state index is 5.67. The van der Waals surface area contributed by atoms with Crippen molar-refractivity contribution in [3.63, 3.8) is 0 Å². The predicted octanol–water partition coefficient (Wildman–Crippen LogP) is 3.43. The number of pyridine rings is 1. The lowest BCUT2D eigenvalue weighted by atomic mass is 9.78. The average Bonchev–Trinajstić information content (AvgIpc) is 3.52. The zero-order valence-corrected chi connectivity index (χ0v) is 20.1. The monoisotopic (exact) mass is 461 g/mol. The molecule has 0 fully saturated rings. The zero-order valence-electron chi connectivity index (χ0n) is 20.1. The molecule has 0 aliphatic carbocycles. The topological polar surface area (TPSA) is 125 Å². The second-order valence-electron chi connectivity index (χ2n) is 8.91. The van der Waals surface area contributed by atoms with E-state index in [1.165, 1.54) is 6.20 Å².